The number of hydrogen-bond acceptors (Lipinski definition) is 3. The fourth-order valence-corrected chi connectivity index (χ4v) is 3.78. The van der Waals surface area contributed by atoms with Crippen LogP contribution in [0.4, 0.5) is 5.69 Å². The van der Waals surface area contributed by atoms with Gasteiger partial charge >= 0.3 is 0 Å². The van der Waals surface area contributed by atoms with E-state index in [1.54, 1.807) is 4.90 Å². The molecule has 1 fully saturated rings. The highest BCUT2D eigenvalue weighted by atomic mass is 32.2. The van der Waals surface area contributed by atoms with Gasteiger partial charge in [-0.2, -0.15) is 0 Å². The van der Waals surface area contributed by atoms with Crippen molar-refractivity contribution in [3.05, 3.63) is 42.5 Å². The topological polar surface area (TPSA) is 80.5 Å². The summed E-state index contributed by atoms with van der Waals surface area (Å²) in [6, 6.07) is 13.6. The highest BCUT2D eigenvalue weighted by Crippen LogP contribution is 2.31. The van der Waals surface area contributed by atoms with E-state index < -0.39 is 10.0 Å². The molecule has 1 heterocycles. The predicted octanol–water partition coefficient (Wildman–Crippen LogP) is 1.48. The quantitative estimate of drug-likeness (QED) is 0.932. The van der Waals surface area contributed by atoms with Crippen LogP contribution >= 0.6 is 0 Å². The van der Waals surface area contributed by atoms with E-state index in [-0.39, 0.29) is 24.0 Å². The zero-order valence-corrected chi connectivity index (χ0v) is 12.2. The molecule has 0 spiro atoms. The molecule has 1 saturated heterocycles. The lowest BCUT2D eigenvalue weighted by atomic mass is 10.1. The van der Waals surface area contributed by atoms with Crippen molar-refractivity contribution in [2.45, 2.75) is 6.42 Å². The molecule has 110 valence electrons. The molecule has 1 amide bonds. The van der Waals surface area contributed by atoms with Crippen LogP contribution in [-0.2, 0) is 14.8 Å². The standard InChI is InChI=1S/C15H16N2O3S/c16-21(19,20)10-11-8-15(18)17(9-11)14-7-3-5-12-4-1-2-6-13(12)14/h1-7,11H,8-10H2,(H2,16,19,20). The van der Waals surface area contributed by atoms with Crippen LogP contribution in [0.2, 0.25) is 0 Å². The Kier molecular flexibility index (Phi) is 3.43. The predicted molar refractivity (Wildman–Crippen MR) is 82.4 cm³/mol. The molecule has 1 unspecified atom stereocenters. The Labute approximate surface area is 123 Å². The van der Waals surface area contributed by atoms with Crippen LogP contribution in [0, 0.1) is 5.92 Å². The van der Waals surface area contributed by atoms with Gasteiger partial charge in [0.2, 0.25) is 15.9 Å². The first-order valence-electron chi connectivity index (χ1n) is 6.72. The summed E-state index contributed by atoms with van der Waals surface area (Å²) in [6.07, 6.45) is 0.222. The third-order valence-corrected chi connectivity index (χ3v) is 4.67. The third kappa shape index (κ3) is 2.91. The van der Waals surface area contributed by atoms with E-state index >= 15 is 0 Å². The first kappa shape index (κ1) is 14.0. The summed E-state index contributed by atoms with van der Waals surface area (Å²) < 4.78 is 22.4. The number of rotatable bonds is 3. The number of carbonyl (C=O) groups excluding carboxylic acids is 1. The zero-order chi connectivity index (χ0) is 15.0. The van der Waals surface area contributed by atoms with Gasteiger partial charge in [-0.05, 0) is 11.5 Å². The van der Waals surface area contributed by atoms with Gasteiger partial charge in [0.15, 0.2) is 0 Å². The second kappa shape index (κ2) is 5.13. The minimum Gasteiger partial charge on any atom is -0.311 e. The van der Waals surface area contributed by atoms with E-state index in [2.05, 4.69) is 0 Å². The zero-order valence-electron chi connectivity index (χ0n) is 11.4. The SMILES string of the molecule is NS(=O)(=O)CC1CC(=O)N(c2cccc3ccccc23)C1. The number of anilines is 1. The van der Waals surface area contributed by atoms with Crippen LogP contribution in [0.15, 0.2) is 42.5 Å². The Morgan fingerprint density at radius 2 is 1.86 bits per heavy atom. The molecule has 0 saturated carbocycles. The maximum Gasteiger partial charge on any atom is 0.227 e. The normalized spacial score (nSPS) is 19.4. The lowest BCUT2D eigenvalue weighted by Crippen LogP contribution is -2.27. The van der Waals surface area contributed by atoms with Crippen LogP contribution in [0.5, 0.6) is 0 Å². The minimum atomic E-state index is -3.56. The summed E-state index contributed by atoms with van der Waals surface area (Å²) in [5, 5.41) is 7.12. The molecule has 6 heteroatoms. The molecule has 1 atom stereocenters. The first-order valence-corrected chi connectivity index (χ1v) is 8.44. The van der Waals surface area contributed by atoms with Crippen molar-refractivity contribution in [3.63, 3.8) is 0 Å². The van der Waals surface area contributed by atoms with Gasteiger partial charge < -0.3 is 4.90 Å². The Bertz CT molecular complexity index is 796. The minimum absolute atomic E-state index is 0.0556. The van der Waals surface area contributed by atoms with E-state index in [1.807, 2.05) is 42.5 Å². The van der Waals surface area contributed by atoms with Gasteiger partial charge in [0.1, 0.15) is 0 Å². The largest absolute Gasteiger partial charge is 0.311 e. The second-order valence-corrected chi connectivity index (χ2v) is 7.06. The Morgan fingerprint density at radius 1 is 1.14 bits per heavy atom. The summed E-state index contributed by atoms with van der Waals surface area (Å²) in [5.41, 5.74) is 0.829. The molecule has 2 aromatic carbocycles. The van der Waals surface area contributed by atoms with Gasteiger partial charge in [-0.25, -0.2) is 13.6 Å². The molecule has 21 heavy (non-hydrogen) atoms. The number of nitrogens with zero attached hydrogens (tertiary/aromatic N) is 1. The van der Waals surface area contributed by atoms with Gasteiger partial charge in [-0.3, -0.25) is 4.79 Å². The fraction of sp³-hybridized carbons (Fsp3) is 0.267. The Balaban J connectivity index is 1.95. The molecule has 0 aromatic heterocycles. The van der Waals surface area contributed by atoms with Gasteiger partial charge in [0.25, 0.3) is 0 Å². The number of fused-ring (bicyclic) bond motifs is 1. The van der Waals surface area contributed by atoms with Crippen molar-refractivity contribution in [1.82, 2.24) is 0 Å². The van der Waals surface area contributed by atoms with Crippen molar-refractivity contribution in [2.75, 3.05) is 17.2 Å². The van der Waals surface area contributed by atoms with E-state index in [0.29, 0.717) is 6.54 Å². The van der Waals surface area contributed by atoms with E-state index in [4.69, 9.17) is 5.14 Å². The van der Waals surface area contributed by atoms with Crippen molar-refractivity contribution in [3.8, 4) is 0 Å². The average molecular weight is 304 g/mol. The Hall–Kier alpha value is -1.92. The van der Waals surface area contributed by atoms with Crippen molar-refractivity contribution >= 4 is 32.4 Å². The highest BCUT2D eigenvalue weighted by molar-refractivity contribution is 7.89. The van der Waals surface area contributed by atoms with Crippen LogP contribution in [0.3, 0.4) is 0 Å². The monoisotopic (exact) mass is 304 g/mol. The molecule has 2 aromatic rings. The molecule has 0 aliphatic carbocycles. The van der Waals surface area contributed by atoms with Gasteiger partial charge in [0, 0.05) is 24.3 Å². The summed E-state index contributed by atoms with van der Waals surface area (Å²) in [7, 11) is -3.56. The van der Waals surface area contributed by atoms with Gasteiger partial charge in [-0.15, -0.1) is 0 Å². The molecule has 2 N–H and O–H groups in total. The number of benzene rings is 2. The summed E-state index contributed by atoms with van der Waals surface area (Å²) in [5.74, 6) is -0.452. The fourth-order valence-electron chi connectivity index (χ4n) is 2.90. The number of hydrogen-bond donors (Lipinski definition) is 1. The Morgan fingerprint density at radius 3 is 2.62 bits per heavy atom. The van der Waals surface area contributed by atoms with Crippen LogP contribution in [0.25, 0.3) is 10.8 Å². The molecular weight excluding hydrogens is 288 g/mol. The number of primary sulfonamides is 1. The molecular formula is C15H16N2O3S. The number of carbonyl (C=O) groups is 1. The number of amides is 1. The maximum absolute atomic E-state index is 12.2. The van der Waals surface area contributed by atoms with E-state index in [0.717, 1.165) is 16.5 Å². The third-order valence-electron chi connectivity index (χ3n) is 3.73. The summed E-state index contributed by atoms with van der Waals surface area (Å²) in [6.45, 7) is 0.392. The van der Waals surface area contributed by atoms with Crippen molar-refractivity contribution < 1.29 is 13.2 Å². The van der Waals surface area contributed by atoms with E-state index in [9.17, 15) is 13.2 Å². The first-order chi connectivity index (χ1) is 9.94. The molecule has 5 nitrogen and oxygen atoms in total. The lowest BCUT2D eigenvalue weighted by Gasteiger charge is -2.19. The van der Waals surface area contributed by atoms with Crippen LogP contribution < -0.4 is 10.0 Å². The molecule has 3 rings (SSSR count). The second-order valence-electron chi connectivity index (χ2n) is 5.40. The number of sulfonamides is 1. The van der Waals surface area contributed by atoms with Crippen LogP contribution in [-0.4, -0.2) is 26.6 Å². The van der Waals surface area contributed by atoms with Crippen LogP contribution in [0.1, 0.15) is 6.42 Å². The smallest absolute Gasteiger partial charge is 0.227 e. The van der Waals surface area contributed by atoms with Gasteiger partial charge in [-0.1, -0.05) is 36.4 Å². The molecule has 0 radical (unpaired) electrons. The maximum atomic E-state index is 12.2. The molecule has 1 aliphatic heterocycles. The summed E-state index contributed by atoms with van der Waals surface area (Å²) >= 11 is 0. The average Bonchev–Trinajstić information content (AvgIpc) is 2.76. The summed E-state index contributed by atoms with van der Waals surface area (Å²) in [4.78, 5) is 13.9. The highest BCUT2D eigenvalue weighted by Gasteiger charge is 2.33. The van der Waals surface area contributed by atoms with Gasteiger partial charge in [0.05, 0.1) is 11.4 Å². The molecule has 1 aliphatic rings. The van der Waals surface area contributed by atoms with Crippen molar-refractivity contribution in [1.29, 1.82) is 0 Å². The lowest BCUT2D eigenvalue weighted by molar-refractivity contribution is -0.117. The number of nitrogens with two attached hydrogens (primary N) is 1. The van der Waals surface area contributed by atoms with Crippen molar-refractivity contribution in [2.24, 2.45) is 11.1 Å². The van der Waals surface area contributed by atoms with E-state index in [1.165, 1.54) is 0 Å². The molecule has 0 bridgehead atoms.